The fourth-order valence-corrected chi connectivity index (χ4v) is 2.75. The van der Waals surface area contributed by atoms with E-state index in [1.165, 1.54) is 18.2 Å². The van der Waals surface area contributed by atoms with Gasteiger partial charge in [0.1, 0.15) is 11.5 Å². The fraction of sp³-hybridized carbons (Fsp3) is 0.0588. The van der Waals surface area contributed by atoms with Crippen molar-refractivity contribution in [3.8, 4) is 0 Å². The van der Waals surface area contributed by atoms with E-state index in [4.69, 9.17) is 11.6 Å². The molecule has 0 fully saturated rings. The van der Waals surface area contributed by atoms with E-state index in [1.807, 2.05) is 0 Å². The summed E-state index contributed by atoms with van der Waals surface area (Å²) in [5.41, 5.74) is -0.556. The van der Waals surface area contributed by atoms with Gasteiger partial charge in [-0.3, -0.25) is 4.79 Å². The molecule has 0 aliphatic rings. The maximum absolute atomic E-state index is 13.9. The molecule has 0 aliphatic carbocycles. The summed E-state index contributed by atoms with van der Waals surface area (Å²) in [7, 11) is 0. The number of nitrogens with one attached hydrogen (secondary N) is 2. The van der Waals surface area contributed by atoms with Crippen molar-refractivity contribution in [3.63, 3.8) is 0 Å². The highest BCUT2D eigenvalue weighted by molar-refractivity contribution is 6.31. The summed E-state index contributed by atoms with van der Waals surface area (Å²) in [4.78, 5) is 25.9. The zero-order valence-corrected chi connectivity index (χ0v) is 13.6. The van der Waals surface area contributed by atoms with E-state index in [0.717, 1.165) is 12.1 Å². The Hall–Kier alpha value is -3.00. The minimum atomic E-state index is -1.42. The van der Waals surface area contributed by atoms with E-state index in [0.29, 0.717) is 0 Å². The van der Waals surface area contributed by atoms with Gasteiger partial charge in [0.15, 0.2) is 11.6 Å². The van der Waals surface area contributed by atoms with E-state index in [-0.39, 0.29) is 27.2 Å². The van der Waals surface area contributed by atoms with Crippen molar-refractivity contribution < 1.29 is 27.9 Å². The van der Waals surface area contributed by atoms with Crippen LogP contribution in [0.15, 0.2) is 30.3 Å². The number of carbonyl (C=O) groups is 2. The molecule has 26 heavy (non-hydrogen) atoms. The number of aromatic nitrogens is 1. The SMILES string of the molecule is O=C(Cc1c(C(=O)O)[nH]c2c(F)c(F)ccc12)Nc1ccc(F)c(Cl)c1. The number of carboxylic acid groups (broad SMARTS) is 1. The normalized spacial score (nSPS) is 10.9. The van der Waals surface area contributed by atoms with Crippen molar-refractivity contribution in [2.45, 2.75) is 6.42 Å². The molecule has 2 aromatic carbocycles. The van der Waals surface area contributed by atoms with Crippen molar-refractivity contribution in [2.24, 2.45) is 0 Å². The zero-order valence-electron chi connectivity index (χ0n) is 12.9. The highest BCUT2D eigenvalue weighted by atomic mass is 35.5. The molecule has 5 nitrogen and oxygen atoms in total. The highest BCUT2D eigenvalue weighted by Crippen LogP contribution is 2.27. The minimum absolute atomic E-state index is 0.00268. The molecular weight excluding hydrogens is 373 g/mol. The van der Waals surface area contributed by atoms with Gasteiger partial charge >= 0.3 is 5.97 Å². The number of halogens is 4. The van der Waals surface area contributed by atoms with E-state index >= 15 is 0 Å². The van der Waals surface area contributed by atoms with Crippen molar-refractivity contribution in [1.29, 1.82) is 0 Å². The van der Waals surface area contributed by atoms with Gasteiger partial charge < -0.3 is 15.4 Å². The van der Waals surface area contributed by atoms with Crippen LogP contribution in [0.2, 0.25) is 5.02 Å². The Morgan fingerprint density at radius 3 is 2.46 bits per heavy atom. The lowest BCUT2D eigenvalue weighted by Crippen LogP contribution is -2.16. The van der Waals surface area contributed by atoms with Crippen LogP contribution in [-0.4, -0.2) is 22.0 Å². The second kappa shape index (κ2) is 6.72. The number of carboxylic acids is 1. The number of fused-ring (bicyclic) bond motifs is 1. The Morgan fingerprint density at radius 2 is 1.81 bits per heavy atom. The van der Waals surface area contributed by atoms with Gasteiger partial charge in [-0.15, -0.1) is 0 Å². The monoisotopic (exact) mass is 382 g/mol. The lowest BCUT2D eigenvalue weighted by Gasteiger charge is -2.06. The first-order valence-electron chi connectivity index (χ1n) is 7.24. The van der Waals surface area contributed by atoms with Crippen molar-refractivity contribution in [3.05, 3.63) is 64.1 Å². The van der Waals surface area contributed by atoms with Gasteiger partial charge in [0.05, 0.1) is 17.0 Å². The molecule has 0 aliphatic heterocycles. The third-order valence-electron chi connectivity index (χ3n) is 3.73. The molecule has 134 valence electrons. The maximum atomic E-state index is 13.9. The van der Waals surface area contributed by atoms with E-state index < -0.39 is 41.4 Å². The molecule has 9 heteroatoms. The molecule has 1 heterocycles. The first-order chi connectivity index (χ1) is 12.3. The average Bonchev–Trinajstić information content (AvgIpc) is 2.94. The molecule has 0 saturated carbocycles. The molecule has 1 aromatic heterocycles. The lowest BCUT2D eigenvalue weighted by molar-refractivity contribution is -0.115. The lowest BCUT2D eigenvalue weighted by atomic mass is 10.1. The number of aromatic carboxylic acids is 1. The molecule has 0 atom stereocenters. The smallest absolute Gasteiger partial charge is 0.352 e. The van der Waals surface area contributed by atoms with Crippen LogP contribution in [0.1, 0.15) is 16.1 Å². The van der Waals surface area contributed by atoms with Crippen molar-refractivity contribution >= 4 is 40.1 Å². The number of hydrogen-bond acceptors (Lipinski definition) is 2. The third kappa shape index (κ3) is 3.23. The molecular formula is C17H10ClF3N2O3. The Labute approximate surface area is 149 Å². The molecule has 0 radical (unpaired) electrons. The van der Waals surface area contributed by atoms with Gasteiger partial charge in [0, 0.05) is 16.6 Å². The number of aromatic amines is 1. The molecule has 3 rings (SSSR count). The molecule has 0 saturated heterocycles. The van der Waals surface area contributed by atoms with Crippen LogP contribution in [0.5, 0.6) is 0 Å². The Bertz CT molecular complexity index is 1050. The van der Waals surface area contributed by atoms with Crippen LogP contribution in [-0.2, 0) is 11.2 Å². The van der Waals surface area contributed by atoms with Crippen LogP contribution in [0.25, 0.3) is 10.9 Å². The van der Waals surface area contributed by atoms with Crippen LogP contribution in [0.4, 0.5) is 18.9 Å². The number of H-pyrrole nitrogens is 1. The van der Waals surface area contributed by atoms with Gasteiger partial charge in [0.2, 0.25) is 5.91 Å². The maximum Gasteiger partial charge on any atom is 0.352 e. The largest absolute Gasteiger partial charge is 0.477 e. The quantitative estimate of drug-likeness (QED) is 0.635. The number of anilines is 1. The molecule has 0 spiro atoms. The molecule has 3 N–H and O–H groups in total. The number of rotatable bonds is 4. The number of benzene rings is 2. The summed E-state index contributed by atoms with van der Waals surface area (Å²) >= 11 is 5.63. The Morgan fingerprint density at radius 1 is 1.12 bits per heavy atom. The van der Waals surface area contributed by atoms with Gasteiger partial charge in [-0.1, -0.05) is 11.6 Å². The first-order valence-corrected chi connectivity index (χ1v) is 7.62. The summed E-state index contributed by atoms with van der Waals surface area (Å²) in [6.45, 7) is 0. The number of hydrogen-bond donors (Lipinski definition) is 3. The van der Waals surface area contributed by atoms with Gasteiger partial charge in [-0.05, 0) is 30.3 Å². The van der Waals surface area contributed by atoms with Gasteiger partial charge in [-0.25, -0.2) is 18.0 Å². The Balaban J connectivity index is 1.95. The molecule has 0 bridgehead atoms. The third-order valence-corrected chi connectivity index (χ3v) is 4.02. The van der Waals surface area contributed by atoms with E-state index in [1.54, 1.807) is 0 Å². The average molecular weight is 383 g/mol. The summed E-state index contributed by atoms with van der Waals surface area (Å²) in [6.07, 6.45) is -0.429. The summed E-state index contributed by atoms with van der Waals surface area (Å²) < 4.78 is 40.4. The summed E-state index contributed by atoms with van der Waals surface area (Å²) in [5.74, 6) is -5.10. The van der Waals surface area contributed by atoms with Crippen molar-refractivity contribution in [2.75, 3.05) is 5.32 Å². The molecule has 3 aromatic rings. The van der Waals surface area contributed by atoms with Gasteiger partial charge in [0.25, 0.3) is 0 Å². The van der Waals surface area contributed by atoms with E-state index in [9.17, 15) is 27.9 Å². The molecule has 0 unspecified atom stereocenters. The molecule has 1 amide bonds. The second-order valence-corrected chi connectivity index (χ2v) is 5.83. The fourth-order valence-electron chi connectivity index (χ4n) is 2.57. The topological polar surface area (TPSA) is 82.2 Å². The number of carbonyl (C=O) groups excluding carboxylic acids is 1. The van der Waals surface area contributed by atoms with Crippen LogP contribution < -0.4 is 5.32 Å². The van der Waals surface area contributed by atoms with Crippen LogP contribution in [0, 0.1) is 17.5 Å². The standard InChI is InChI=1S/C17H10ClF3N2O3/c18-10-5-7(1-3-11(10)19)22-13(24)6-9-8-2-4-12(20)14(21)15(8)23-16(9)17(25)26/h1-5,23H,6H2,(H,22,24)(H,25,26). The van der Waals surface area contributed by atoms with Crippen molar-refractivity contribution in [1.82, 2.24) is 4.98 Å². The number of amides is 1. The van der Waals surface area contributed by atoms with Gasteiger partial charge in [-0.2, -0.15) is 0 Å². The first kappa shape index (κ1) is 17.8. The predicted octanol–water partition coefficient (Wildman–Crippen LogP) is 4.12. The second-order valence-electron chi connectivity index (χ2n) is 5.42. The predicted molar refractivity (Wildman–Crippen MR) is 88.9 cm³/mol. The summed E-state index contributed by atoms with van der Waals surface area (Å²) in [5, 5.41) is 11.6. The van der Waals surface area contributed by atoms with E-state index in [2.05, 4.69) is 10.3 Å². The minimum Gasteiger partial charge on any atom is -0.477 e. The van der Waals surface area contributed by atoms with Crippen LogP contribution >= 0.6 is 11.6 Å². The zero-order chi connectivity index (χ0) is 19.0. The highest BCUT2D eigenvalue weighted by Gasteiger charge is 2.22. The Kier molecular flexibility index (Phi) is 4.60. The summed E-state index contributed by atoms with van der Waals surface area (Å²) in [6, 6.07) is 5.56. The van der Waals surface area contributed by atoms with Crippen LogP contribution in [0.3, 0.4) is 0 Å².